The number of carbonyl (C=O) groups is 2. The maximum absolute atomic E-state index is 13.2. The maximum atomic E-state index is 13.2. The standard InChI is InChI=1S/C24H19N3O5S2/c28-22(26-24-25-19-9-2-4-11-21(19)33-24)15-32-23(29)17-7-5-8-18(14-17)34(30,31)27-13-12-16-6-1-3-10-20(16)27/h1-11,14H,12-13,15H2,(H,25,26,28). The molecule has 0 unspecified atom stereocenters. The number of esters is 1. The molecule has 0 saturated carbocycles. The average molecular weight is 494 g/mol. The first-order valence-electron chi connectivity index (χ1n) is 10.4. The number of amides is 1. The topological polar surface area (TPSA) is 106 Å². The third-order valence-electron chi connectivity index (χ3n) is 5.38. The Hall–Kier alpha value is -3.76. The number of hydrogen-bond acceptors (Lipinski definition) is 7. The van der Waals surface area contributed by atoms with Gasteiger partial charge in [-0.2, -0.15) is 0 Å². The molecule has 1 amide bonds. The molecule has 172 valence electrons. The molecule has 5 rings (SSSR count). The normalized spacial score (nSPS) is 13.0. The molecule has 2 heterocycles. The quantitative estimate of drug-likeness (QED) is 0.409. The molecule has 1 N–H and O–H groups in total. The summed E-state index contributed by atoms with van der Waals surface area (Å²) in [6.45, 7) is -0.187. The van der Waals surface area contributed by atoms with E-state index < -0.39 is 28.5 Å². The van der Waals surface area contributed by atoms with Crippen LogP contribution in [-0.2, 0) is 26.0 Å². The number of carbonyl (C=O) groups excluding carboxylic acids is 2. The van der Waals surface area contributed by atoms with Gasteiger partial charge in [0, 0.05) is 6.54 Å². The van der Waals surface area contributed by atoms with E-state index in [-0.39, 0.29) is 10.5 Å². The van der Waals surface area contributed by atoms with Crippen LogP contribution in [0.25, 0.3) is 10.2 Å². The van der Waals surface area contributed by atoms with Crippen LogP contribution >= 0.6 is 11.3 Å². The molecule has 1 aliphatic heterocycles. The summed E-state index contributed by atoms with van der Waals surface area (Å²) in [7, 11) is -3.85. The summed E-state index contributed by atoms with van der Waals surface area (Å²) >= 11 is 1.31. The number of ether oxygens (including phenoxy) is 1. The zero-order valence-electron chi connectivity index (χ0n) is 17.8. The van der Waals surface area contributed by atoms with Crippen molar-refractivity contribution in [1.29, 1.82) is 0 Å². The van der Waals surface area contributed by atoms with Crippen LogP contribution in [0.15, 0.2) is 77.7 Å². The van der Waals surface area contributed by atoms with Crippen molar-refractivity contribution in [3.63, 3.8) is 0 Å². The first-order valence-corrected chi connectivity index (χ1v) is 12.7. The van der Waals surface area contributed by atoms with Crippen molar-refractivity contribution in [2.45, 2.75) is 11.3 Å². The summed E-state index contributed by atoms with van der Waals surface area (Å²) in [6.07, 6.45) is 0.626. The van der Waals surface area contributed by atoms with Crippen molar-refractivity contribution < 1.29 is 22.7 Å². The molecule has 0 aliphatic carbocycles. The van der Waals surface area contributed by atoms with Crippen molar-refractivity contribution in [1.82, 2.24) is 4.98 Å². The fraction of sp³-hybridized carbons (Fsp3) is 0.125. The molecule has 0 fully saturated rings. The van der Waals surface area contributed by atoms with Gasteiger partial charge in [-0.25, -0.2) is 18.2 Å². The van der Waals surface area contributed by atoms with Crippen LogP contribution < -0.4 is 9.62 Å². The van der Waals surface area contributed by atoms with E-state index in [9.17, 15) is 18.0 Å². The molecule has 3 aromatic carbocycles. The molecule has 1 aliphatic rings. The van der Waals surface area contributed by atoms with Crippen LogP contribution in [0, 0.1) is 0 Å². The van der Waals surface area contributed by atoms with E-state index in [0.717, 1.165) is 15.8 Å². The second kappa shape index (κ2) is 8.88. The van der Waals surface area contributed by atoms with Gasteiger partial charge < -0.3 is 4.74 Å². The van der Waals surface area contributed by atoms with E-state index in [4.69, 9.17) is 4.74 Å². The molecule has 0 bridgehead atoms. The summed E-state index contributed by atoms with van der Waals surface area (Å²) in [5.41, 5.74) is 2.41. The van der Waals surface area contributed by atoms with E-state index in [1.807, 2.05) is 36.4 Å². The van der Waals surface area contributed by atoms with Crippen molar-refractivity contribution >= 4 is 54.3 Å². The highest BCUT2D eigenvalue weighted by molar-refractivity contribution is 7.92. The number of benzene rings is 3. The molecule has 0 spiro atoms. The van der Waals surface area contributed by atoms with Crippen LogP contribution in [0.4, 0.5) is 10.8 Å². The van der Waals surface area contributed by atoms with E-state index in [1.54, 1.807) is 12.1 Å². The SMILES string of the molecule is O=C(COC(=O)c1cccc(S(=O)(=O)N2CCc3ccccc32)c1)Nc1nc2ccccc2s1. The number of rotatable bonds is 6. The van der Waals surface area contributed by atoms with Crippen LogP contribution in [0.3, 0.4) is 0 Å². The van der Waals surface area contributed by atoms with Crippen LogP contribution in [0.2, 0.25) is 0 Å². The van der Waals surface area contributed by atoms with Crippen molar-refractivity contribution in [2.75, 3.05) is 22.8 Å². The zero-order chi connectivity index (χ0) is 23.7. The molecule has 0 saturated heterocycles. The van der Waals surface area contributed by atoms with Crippen LogP contribution in [0.5, 0.6) is 0 Å². The Bertz CT molecular complexity index is 1480. The molecular weight excluding hydrogens is 474 g/mol. The number of sulfonamides is 1. The second-order valence-electron chi connectivity index (χ2n) is 7.59. The number of fused-ring (bicyclic) bond motifs is 2. The Balaban J connectivity index is 1.26. The van der Waals surface area contributed by atoms with E-state index in [0.29, 0.717) is 23.8 Å². The summed E-state index contributed by atoms with van der Waals surface area (Å²) < 4.78 is 33.8. The van der Waals surface area contributed by atoms with E-state index >= 15 is 0 Å². The second-order valence-corrected chi connectivity index (χ2v) is 10.5. The Kier molecular flexibility index (Phi) is 5.76. The van der Waals surface area contributed by atoms with Gasteiger partial charge in [-0.3, -0.25) is 14.4 Å². The minimum Gasteiger partial charge on any atom is -0.452 e. The molecule has 0 atom stereocenters. The first kappa shape index (κ1) is 22.1. The van der Waals surface area contributed by atoms with Gasteiger partial charge in [0.25, 0.3) is 15.9 Å². The largest absolute Gasteiger partial charge is 0.452 e. The summed E-state index contributed by atoms with van der Waals surface area (Å²) in [5.74, 6) is -1.33. The lowest BCUT2D eigenvalue weighted by Crippen LogP contribution is -2.29. The Morgan fingerprint density at radius 1 is 1.03 bits per heavy atom. The number of aromatic nitrogens is 1. The van der Waals surface area contributed by atoms with Crippen LogP contribution in [-0.4, -0.2) is 38.4 Å². The monoisotopic (exact) mass is 493 g/mol. The maximum Gasteiger partial charge on any atom is 0.338 e. The Morgan fingerprint density at radius 2 is 1.82 bits per heavy atom. The Labute approximate surface area is 199 Å². The average Bonchev–Trinajstić information content (AvgIpc) is 3.46. The van der Waals surface area contributed by atoms with Gasteiger partial charge in [0.15, 0.2) is 11.7 Å². The van der Waals surface area contributed by atoms with E-state index in [2.05, 4.69) is 10.3 Å². The third kappa shape index (κ3) is 4.25. The van der Waals surface area contributed by atoms with Gasteiger partial charge in [0.1, 0.15) is 0 Å². The highest BCUT2D eigenvalue weighted by Crippen LogP contribution is 2.33. The summed E-state index contributed by atoms with van der Waals surface area (Å²) in [6, 6.07) is 20.4. The third-order valence-corrected chi connectivity index (χ3v) is 8.14. The summed E-state index contributed by atoms with van der Waals surface area (Å²) in [5, 5.41) is 3.01. The highest BCUT2D eigenvalue weighted by atomic mass is 32.2. The molecule has 8 nitrogen and oxygen atoms in total. The molecule has 0 radical (unpaired) electrons. The van der Waals surface area contributed by atoms with Gasteiger partial charge in [0.2, 0.25) is 0 Å². The smallest absolute Gasteiger partial charge is 0.338 e. The highest BCUT2D eigenvalue weighted by Gasteiger charge is 2.31. The first-order chi connectivity index (χ1) is 16.4. The lowest BCUT2D eigenvalue weighted by Gasteiger charge is -2.19. The number of nitrogens with zero attached hydrogens (tertiary/aromatic N) is 2. The van der Waals surface area contributed by atoms with Gasteiger partial charge in [-0.1, -0.05) is 47.7 Å². The number of nitrogens with one attached hydrogen (secondary N) is 1. The van der Waals surface area contributed by atoms with Crippen molar-refractivity contribution in [2.24, 2.45) is 0 Å². The van der Waals surface area contributed by atoms with Gasteiger partial charge >= 0.3 is 5.97 Å². The molecule has 4 aromatic rings. The fourth-order valence-electron chi connectivity index (χ4n) is 3.76. The Morgan fingerprint density at radius 3 is 2.68 bits per heavy atom. The minimum absolute atomic E-state index is 0.0161. The lowest BCUT2D eigenvalue weighted by molar-refractivity contribution is -0.119. The van der Waals surface area contributed by atoms with Crippen LogP contribution in [0.1, 0.15) is 15.9 Å². The number of anilines is 2. The predicted octanol–water partition coefficient (Wildman–Crippen LogP) is 3.84. The number of hydrogen-bond donors (Lipinski definition) is 1. The van der Waals surface area contributed by atoms with E-state index in [1.165, 1.54) is 39.9 Å². The molecule has 10 heteroatoms. The number of thiazole rings is 1. The fourth-order valence-corrected chi connectivity index (χ4v) is 6.20. The molecular formula is C24H19N3O5S2. The minimum atomic E-state index is -3.85. The van der Waals surface area contributed by atoms with Gasteiger partial charge in [-0.15, -0.1) is 0 Å². The lowest BCUT2D eigenvalue weighted by atomic mass is 10.2. The van der Waals surface area contributed by atoms with Crippen molar-refractivity contribution in [3.05, 3.63) is 83.9 Å². The molecule has 1 aromatic heterocycles. The van der Waals surface area contributed by atoms with Crippen molar-refractivity contribution in [3.8, 4) is 0 Å². The van der Waals surface area contributed by atoms with Gasteiger partial charge in [-0.05, 0) is 48.4 Å². The zero-order valence-corrected chi connectivity index (χ0v) is 19.4. The van der Waals surface area contributed by atoms with Gasteiger partial charge in [0.05, 0.1) is 26.4 Å². The summed E-state index contributed by atoms with van der Waals surface area (Å²) in [4.78, 5) is 29.0. The molecule has 34 heavy (non-hydrogen) atoms. The number of para-hydroxylation sites is 2. The predicted molar refractivity (Wildman–Crippen MR) is 130 cm³/mol.